The second-order valence-electron chi connectivity index (χ2n) is 13.8. The van der Waals surface area contributed by atoms with Crippen LogP contribution in [-0.2, 0) is 14.6 Å². The lowest BCUT2D eigenvalue weighted by atomic mass is 9.94. The average Bonchev–Trinajstić information content (AvgIpc) is 2.98. The first-order valence-corrected chi connectivity index (χ1v) is 21.0. The first-order chi connectivity index (χ1) is 21.0. The molecule has 0 aromatic carbocycles. The van der Waals surface area contributed by atoms with E-state index in [1.54, 1.807) is 0 Å². The highest BCUT2D eigenvalue weighted by atomic mass is 32.3. The van der Waals surface area contributed by atoms with Crippen LogP contribution in [0, 0.1) is 5.92 Å². The average molecular weight is 631 g/mol. The Morgan fingerprint density at radius 3 is 0.814 bits per heavy atom. The molecule has 260 valence electrons. The minimum Gasteiger partial charge on any atom is -0.264 e. The summed E-state index contributed by atoms with van der Waals surface area (Å²) in [4.78, 5) is 0. The highest BCUT2D eigenvalue weighted by molar-refractivity contribution is 7.80. The molecule has 0 aliphatic rings. The SMILES string of the molecule is CCCCCCCCCCCCCCCCCCCCC(CCCCCCCCCCCCCCCC)COS(=O)(=O)O. The summed E-state index contributed by atoms with van der Waals surface area (Å²) in [6.07, 6.45) is 45.6. The highest BCUT2D eigenvalue weighted by Gasteiger charge is 2.13. The van der Waals surface area contributed by atoms with Gasteiger partial charge in [0.25, 0.3) is 0 Å². The fraction of sp³-hybridized carbons (Fsp3) is 1.00. The quantitative estimate of drug-likeness (QED) is 0.0548. The molecule has 0 saturated carbocycles. The van der Waals surface area contributed by atoms with Gasteiger partial charge >= 0.3 is 10.4 Å². The Labute approximate surface area is 271 Å². The molecule has 0 radical (unpaired) electrons. The predicted octanol–water partition coefficient (Wildman–Crippen LogP) is 13.7. The van der Waals surface area contributed by atoms with Gasteiger partial charge in [-0.15, -0.1) is 0 Å². The van der Waals surface area contributed by atoms with Crippen LogP contribution >= 0.6 is 0 Å². The third-order valence-corrected chi connectivity index (χ3v) is 9.82. The largest absolute Gasteiger partial charge is 0.397 e. The third-order valence-electron chi connectivity index (χ3n) is 9.38. The number of hydrogen-bond donors (Lipinski definition) is 1. The molecule has 0 heterocycles. The summed E-state index contributed by atoms with van der Waals surface area (Å²) in [7, 11) is -4.34. The van der Waals surface area contributed by atoms with Gasteiger partial charge in [0, 0.05) is 0 Å². The van der Waals surface area contributed by atoms with Crippen LogP contribution in [0.1, 0.15) is 232 Å². The van der Waals surface area contributed by atoms with Crippen molar-refractivity contribution in [1.29, 1.82) is 0 Å². The first kappa shape index (κ1) is 42.9. The molecule has 0 bridgehead atoms. The topological polar surface area (TPSA) is 63.6 Å². The molecular weight excluding hydrogens is 552 g/mol. The van der Waals surface area contributed by atoms with Gasteiger partial charge in [-0.3, -0.25) is 4.55 Å². The minimum absolute atomic E-state index is 0.135. The zero-order valence-corrected chi connectivity index (χ0v) is 30.2. The van der Waals surface area contributed by atoms with Gasteiger partial charge in [-0.25, -0.2) is 4.18 Å². The maximum absolute atomic E-state index is 11.1. The van der Waals surface area contributed by atoms with Gasteiger partial charge in [0.15, 0.2) is 0 Å². The van der Waals surface area contributed by atoms with Gasteiger partial charge in [0.1, 0.15) is 0 Å². The molecule has 0 aliphatic heterocycles. The van der Waals surface area contributed by atoms with E-state index in [2.05, 4.69) is 13.8 Å². The van der Waals surface area contributed by atoms with Crippen molar-refractivity contribution in [2.45, 2.75) is 232 Å². The molecule has 0 saturated heterocycles. The highest BCUT2D eigenvalue weighted by Crippen LogP contribution is 2.21. The number of hydrogen-bond acceptors (Lipinski definition) is 3. The molecular formula is C38H78O4S. The molecule has 1 unspecified atom stereocenters. The Morgan fingerprint density at radius 2 is 0.605 bits per heavy atom. The van der Waals surface area contributed by atoms with Crippen LogP contribution in [-0.4, -0.2) is 19.6 Å². The van der Waals surface area contributed by atoms with Crippen molar-refractivity contribution < 1.29 is 17.2 Å². The van der Waals surface area contributed by atoms with Gasteiger partial charge in [-0.1, -0.05) is 219 Å². The van der Waals surface area contributed by atoms with E-state index in [-0.39, 0.29) is 12.5 Å². The Kier molecular flexibility index (Phi) is 34.6. The van der Waals surface area contributed by atoms with Crippen LogP contribution in [0.2, 0.25) is 0 Å². The van der Waals surface area contributed by atoms with Gasteiger partial charge < -0.3 is 0 Å². The summed E-state index contributed by atoms with van der Waals surface area (Å²) in [5.74, 6) is 0.236. The molecule has 0 aromatic heterocycles. The predicted molar refractivity (Wildman–Crippen MR) is 189 cm³/mol. The number of rotatable bonds is 37. The Hall–Kier alpha value is -0.130. The zero-order chi connectivity index (χ0) is 31.5. The van der Waals surface area contributed by atoms with E-state index in [1.165, 1.54) is 193 Å². The van der Waals surface area contributed by atoms with Crippen molar-refractivity contribution >= 4 is 10.4 Å². The summed E-state index contributed by atoms with van der Waals surface area (Å²) in [6.45, 7) is 4.70. The second-order valence-corrected chi connectivity index (χ2v) is 14.9. The zero-order valence-electron chi connectivity index (χ0n) is 29.4. The van der Waals surface area contributed by atoms with Crippen molar-refractivity contribution in [3.63, 3.8) is 0 Å². The fourth-order valence-electron chi connectivity index (χ4n) is 6.46. The molecule has 0 rings (SSSR count). The van der Waals surface area contributed by atoms with Gasteiger partial charge in [0.05, 0.1) is 6.61 Å². The molecule has 0 spiro atoms. The van der Waals surface area contributed by atoms with Crippen LogP contribution in [0.15, 0.2) is 0 Å². The van der Waals surface area contributed by atoms with Gasteiger partial charge in [-0.2, -0.15) is 8.42 Å². The maximum atomic E-state index is 11.1. The monoisotopic (exact) mass is 631 g/mol. The molecule has 0 aromatic rings. The summed E-state index contributed by atoms with van der Waals surface area (Å²) < 4.78 is 36.0. The van der Waals surface area contributed by atoms with Crippen molar-refractivity contribution in [2.24, 2.45) is 5.92 Å². The molecule has 4 nitrogen and oxygen atoms in total. The lowest BCUT2D eigenvalue weighted by molar-refractivity contribution is 0.204. The van der Waals surface area contributed by atoms with E-state index in [1.807, 2.05) is 0 Å². The Bertz CT molecular complexity index is 621. The molecule has 0 amide bonds. The first-order valence-electron chi connectivity index (χ1n) is 19.6. The molecule has 1 atom stereocenters. The van der Waals surface area contributed by atoms with E-state index >= 15 is 0 Å². The normalized spacial score (nSPS) is 12.7. The van der Waals surface area contributed by atoms with E-state index < -0.39 is 10.4 Å². The van der Waals surface area contributed by atoms with Crippen LogP contribution in [0.3, 0.4) is 0 Å². The van der Waals surface area contributed by atoms with E-state index in [0.717, 1.165) is 25.7 Å². The number of unbranched alkanes of at least 4 members (excludes halogenated alkanes) is 30. The Morgan fingerprint density at radius 1 is 0.395 bits per heavy atom. The maximum Gasteiger partial charge on any atom is 0.397 e. The van der Waals surface area contributed by atoms with Gasteiger partial charge in [0.2, 0.25) is 0 Å². The lowest BCUT2D eigenvalue weighted by Gasteiger charge is -2.16. The van der Waals surface area contributed by atoms with E-state index in [4.69, 9.17) is 8.74 Å². The fourth-order valence-corrected chi connectivity index (χ4v) is 6.82. The van der Waals surface area contributed by atoms with Crippen LogP contribution in [0.25, 0.3) is 0 Å². The van der Waals surface area contributed by atoms with Crippen LogP contribution < -0.4 is 0 Å². The van der Waals surface area contributed by atoms with Crippen LogP contribution in [0.4, 0.5) is 0 Å². The molecule has 1 N–H and O–H groups in total. The minimum atomic E-state index is -4.34. The van der Waals surface area contributed by atoms with Gasteiger partial charge in [-0.05, 0) is 18.8 Å². The second kappa shape index (κ2) is 34.7. The lowest BCUT2D eigenvalue weighted by Crippen LogP contribution is -2.14. The summed E-state index contributed by atoms with van der Waals surface area (Å²) >= 11 is 0. The van der Waals surface area contributed by atoms with Crippen LogP contribution in [0.5, 0.6) is 0 Å². The summed E-state index contributed by atoms with van der Waals surface area (Å²) in [5, 5.41) is 0. The van der Waals surface area contributed by atoms with Crippen molar-refractivity contribution in [3.8, 4) is 0 Å². The molecule has 0 fully saturated rings. The van der Waals surface area contributed by atoms with Crippen molar-refractivity contribution in [1.82, 2.24) is 0 Å². The van der Waals surface area contributed by atoms with Crippen molar-refractivity contribution in [3.05, 3.63) is 0 Å². The summed E-state index contributed by atoms with van der Waals surface area (Å²) in [5.41, 5.74) is 0. The molecule has 5 heteroatoms. The standard InChI is InChI=1S/C38H78O4S/c1-3-5-7-9-11-13-15-17-19-20-21-22-24-26-28-30-32-34-36-38(37-42-43(39,40)41)35-33-31-29-27-25-23-18-16-14-12-10-8-6-4-2/h38H,3-37H2,1-2H3,(H,39,40,41). The smallest absolute Gasteiger partial charge is 0.264 e. The summed E-state index contributed by atoms with van der Waals surface area (Å²) in [6, 6.07) is 0. The molecule has 0 aliphatic carbocycles. The molecule has 43 heavy (non-hydrogen) atoms. The van der Waals surface area contributed by atoms with E-state index in [0.29, 0.717) is 0 Å². The third kappa shape index (κ3) is 38.0. The Balaban J connectivity index is 3.64. The van der Waals surface area contributed by atoms with E-state index in [9.17, 15) is 8.42 Å². The van der Waals surface area contributed by atoms with Crippen molar-refractivity contribution in [2.75, 3.05) is 6.61 Å².